The van der Waals surface area contributed by atoms with Crippen LogP contribution < -0.4 is 5.32 Å². The fraction of sp³-hybridized carbons (Fsp3) is 0.125. The third-order valence-corrected chi connectivity index (χ3v) is 3.39. The standard InChI is InChI=1S/C16H12Cl2FNO3/c17-12-3-1-2-11(7-12)16(22)23-9-15(21)20-8-10-4-5-14(19)13(18)6-10/h1-7H,8-9H2,(H,20,21). The molecule has 1 amide bonds. The maximum Gasteiger partial charge on any atom is 0.338 e. The molecule has 0 aliphatic carbocycles. The van der Waals surface area contributed by atoms with Crippen LogP contribution in [0.1, 0.15) is 15.9 Å². The summed E-state index contributed by atoms with van der Waals surface area (Å²) in [4.78, 5) is 23.4. The summed E-state index contributed by atoms with van der Waals surface area (Å²) in [5.41, 5.74) is 0.890. The van der Waals surface area contributed by atoms with Gasteiger partial charge < -0.3 is 10.1 Å². The summed E-state index contributed by atoms with van der Waals surface area (Å²) < 4.78 is 17.9. The van der Waals surface area contributed by atoms with Crippen molar-refractivity contribution in [2.45, 2.75) is 6.54 Å². The molecule has 7 heteroatoms. The molecule has 2 aromatic rings. The molecule has 0 radical (unpaired) electrons. The van der Waals surface area contributed by atoms with Crippen molar-refractivity contribution in [3.8, 4) is 0 Å². The van der Waals surface area contributed by atoms with E-state index in [0.29, 0.717) is 10.6 Å². The minimum absolute atomic E-state index is 0.0240. The van der Waals surface area contributed by atoms with Gasteiger partial charge in [0.05, 0.1) is 10.6 Å². The Kier molecular flexibility index (Phi) is 5.96. The van der Waals surface area contributed by atoms with Gasteiger partial charge in [-0.25, -0.2) is 9.18 Å². The summed E-state index contributed by atoms with van der Waals surface area (Å²) in [5.74, 6) is -1.66. The summed E-state index contributed by atoms with van der Waals surface area (Å²) in [7, 11) is 0. The van der Waals surface area contributed by atoms with Crippen LogP contribution in [-0.2, 0) is 16.1 Å². The second-order valence-electron chi connectivity index (χ2n) is 4.61. The predicted octanol–water partition coefficient (Wildman–Crippen LogP) is 3.61. The van der Waals surface area contributed by atoms with E-state index < -0.39 is 24.3 Å². The number of rotatable bonds is 5. The maximum atomic E-state index is 13.0. The Morgan fingerprint density at radius 1 is 1.13 bits per heavy atom. The highest BCUT2D eigenvalue weighted by Gasteiger charge is 2.10. The van der Waals surface area contributed by atoms with Gasteiger partial charge in [-0.1, -0.05) is 35.3 Å². The summed E-state index contributed by atoms with van der Waals surface area (Å²) in [6.07, 6.45) is 0. The normalized spacial score (nSPS) is 10.2. The van der Waals surface area contributed by atoms with Crippen LogP contribution in [0.4, 0.5) is 4.39 Å². The van der Waals surface area contributed by atoms with E-state index in [-0.39, 0.29) is 17.1 Å². The zero-order chi connectivity index (χ0) is 16.8. The molecule has 0 aliphatic rings. The van der Waals surface area contributed by atoms with Gasteiger partial charge >= 0.3 is 5.97 Å². The van der Waals surface area contributed by atoms with E-state index in [1.54, 1.807) is 12.1 Å². The first-order chi connectivity index (χ1) is 11.0. The molecule has 0 saturated carbocycles. The molecule has 4 nitrogen and oxygen atoms in total. The lowest BCUT2D eigenvalue weighted by Gasteiger charge is -2.07. The lowest BCUT2D eigenvalue weighted by molar-refractivity contribution is -0.124. The zero-order valence-corrected chi connectivity index (χ0v) is 13.3. The van der Waals surface area contributed by atoms with Gasteiger partial charge in [-0.3, -0.25) is 4.79 Å². The molecule has 0 atom stereocenters. The van der Waals surface area contributed by atoms with Crippen LogP contribution in [0.5, 0.6) is 0 Å². The lowest BCUT2D eigenvalue weighted by atomic mass is 10.2. The van der Waals surface area contributed by atoms with Gasteiger partial charge in [0.15, 0.2) is 6.61 Å². The summed E-state index contributed by atoms with van der Waals surface area (Å²) >= 11 is 11.4. The van der Waals surface area contributed by atoms with Crippen molar-refractivity contribution in [2.75, 3.05) is 6.61 Å². The summed E-state index contributed by atoms with van der Waals surface area (Å²) in [6, 6.07) is 10.3. The highest BCUT2D eigenvalue weighted by molar-refractivity contribution is 6.31. The van der Waals surface area contributed by atoms with Crippen molar-refractivity contribution in [3.05, 3.63) is 69.5 Å². The van der Waals surface area contributed by atoms with Gasteiger partial charge in [-0.15, -0.1) is 0 Å². The Labute approximate surface area is 142 Å². The first-order valence-electron chi connectivity index (χ1n) is 6.59. The minimum Gasteiger partial charge on any atom is -0.452 e. The van der Waals surface area contributed by atoms with Gasteiger partial charge in [0.1, 0.15) is 5.82 Å². The number of ether oxygens (including phenoxy) is 1. The van der Waals surface area contributed by atoms with Gasteiger partial charge in [0, 0.05) is 11.6 Å². The molecule has 120 valence electrons. The number of carbonyl (C=O) groups is 2. The number of benzene rings is 2. The second-order valence-corrected chi connectivity index (χ2v) is 5.46. The van der Waals surface area contributed by atoms with Crippen molar-refractivity contribution in [1.82, 2.24) is 5.32 Å². The number of esters is 1. The van der Waals surface area contributed by atoms with E-state index in [2.05, 4.69) is 5.32 Å². The zero-order valence-electron chi connectivity index (χ0n) is 11.8. The van der Waals surface area contributed by atoms with Gasteiger partial charge in [0.2, 0.25) is 0 Å². The first-order valence-corrected chi connectivity index (χ1v) is 7.34. The average Bonchev–Trinajstić information content (AvgIpc) is 2.53. The van der Waals surface area contributed by atoms with Crippen molar-refractivity contribution in [2.24, 2.45) is 0 Å². The molecule has 0 aliphatic heterocycles. The molecule has 0 bridgehead atoms. The molecule has 23 heavy (non-hydrogen) atoms. The van der Waals surface area contributed by atoms with Crippen LogP contribution in [0.25, 0.3) is 0 Å². The molecule has 2 rings (SSSR count). The number of nitrogens with one attached hydrogen (secondary N) is 1. The Bertz CT molecular complexity index is 737. The first kappa shape index (κ1) is 17.2. The van der Waals surface area contributed by atoms with E-state index in [4.69, 9.17) is 27.9 Å². The Morgan fingerprint density at radius 2 is 1.91 bits per heavy atom. The van der Waals surface area contributed by atoms with Crippen LogP contribution in [0.2, 0.25) is 10.0 Å². The molecule has 0 aromatic heterocycles. The largest absolute Gasteiger partial charge is 0.452 e. The van der Waals surface area contributed by atoms with Crippen LogP contribution in [0, 0.1) is 5.82 Å². The van der Waals surface area contributed by atoms with Crippen LogP contribution in [0.15, 0.2) is 42.5 Å². The summed E-state index contributed by atoms with van der Waals surface area (Å²) in [5, 5.41) is 2.92. The molecule has 1 N–H and O–H groups in total. The fourth-order valence-electron chi connectivity index (χ4n) is 1.73. The highest BCUT2D eigenvalue weighted by atomic mass is 35.5. The number of hydrogen-bond acceptors (Lipinski definition) is 3. The molecule has 0 saturated heterocycles. The fourth-order valence-corrected chi connectivity index (χ4v) is 2.12. The maximum absolute atomic E-state index is 13.0. The topological polar surface area (TPSA) is 55.4 Å². The highest BCUT2D eigenvalue weighted by Crippen LogP contribution is 2.15. The van der Waals surface area contributed by atoms with Gasteiger partial charge in [0.25, 0.3) is 5.91 Å². The third kappa shape index (κ3) is 5.23. The van der Waals surface area contributed by atoms with Crippen molar-refractivity contribution in [1.29, 1.82) is 0 Å². The predicted molar refractivity (Wildman–Crippen MR) is 85.0 cm³/mol. The minimum atomic E-state index is -0.646. The van der Waals surface area contributed by atoms with E-state index >= 15 is 0 Å². The van der Waals surface area contributed by atoms with E-state index in [1.807, 2.05) is 0 Å². The Morgan fingerprint density at radius 3 is 2.61 bits per heavy atom. The number of carbonyl (C=O) groups excluding carboxylic acids is 2. The van der Waals surface area contributed by atoms with Crippen LogP contribution in [-0.4, -0.2) is 18.5 Å². The van der Waals surface area contributed by atoms with E-state index in [9.17, 15) is 14.0 Å². The number of hydrogen-bond donors (Lipinski definition) is 1. The quantitative estimate of drug-likeness (QED) is 0.833. The number of amides is 1. The monoisotopic (exact) mass is 355 g/mol. The molecular weight excluding hydrogens is 344 g/mol. The second kappa shape index (κ2) is 7.94. The average molecular weight is 356 g/mol. The van der Waals surface area contributed by atoms with Crippen molar-refractivity contribution in [3.63, 3.8) is 0 Å². The van der Waals surface area contributed by atoms with Gasteiger partial charge in [-0.2, -0.15) is 0 Å². The smallest absolute Gasteiger partial charge is 0.338 e. The van der Waals surface area contributed by atoms with Crippen molar-refractivity contribution >= 4 is 35.1 Å². The molecule has 0 fully saturated rings. The Balaban J connectivity index is 1.81. The number of halogens is 3. The molecular formula is C16H12Cl2FNO3. The third-order valence-electron chi connectivity index (χ3n) is 2.87. The van der Waals surface area contributed by atoms with E-state index in [0.717, 1.165) is 0 Å². The SMILES string of the molecule is O=C(COC(=O)c1cccc(Cl)c1)NCc1ccc(F)c(Cl)c1. The van der Waals surface area contributed by atoms with Crippen LogP contribution in [0.3, 0.4) is 0 Å². The van der Waals surface area contributed by atoms with Gasteiger partial charge in [-0.05, 0) is 35.9 Å². The molecule has 2 aromatic carbocycles. The molecule has 0 heterocycles. The summed E-state index contributed by atoms with van der Waals surface area (Å²) in [6.45, 7) is -0.284. The van der Waals surface area contributed by atoms with Crippen LogP contribution >= 0.6 is 23.2 Å². The van der Waals surface area contributed by atoms with E-state index in [1.165, 1.54) is 30.3 Å². The Hall–Kier alpha value is -2.11. The lowest BCUT2D eigenvalue weighted by Crippen LogP contribution is -2.28. The van der Waals surface area contributed by atoms with Crippen molar-refractivity contribution < 1.29 is 18.7 Å². The molecule has 0 unspecified atom stereocenters. The molecule has 0 spiro atoms.